The first-order valence-corrected chi connectivity index (χ1v) is 6.62. The molecule has 3 nitrogen and oxygen atoms in total. The molecule has 1 aliphatic heterocycles. The van der Waals surface area contributed by atoms with Crippen LogP contribution in [0, 0.1) is 0 Å². The maximum Gasteiger partial charge on any atom is 0.157 e. The Morgan fingerprint density at radius 2 is 2.17 bits per heavy atom. The maximum atomic E-state index is 5.74. The minimum atomic E-state index is -0.00286. The Morgan fingerprint density at radius 1 is 1.22 bits per heavy atom. The van der Waals surface area contributed by atoms with E-state index in [0.717, 1.165) is 31.5 Å². The summed E-state index contributed by atoms with van der Waals surface area (Å²) in [4.78, 5) is 0. The third-order valence-electron chi connectivity index (χ3n) is 3.37. The molecule has 0 spiro atoms. The second kappa shape index (κ2) is 5.55. The summed E-state index contributed by atoms with van der Waals surface area (Å²) in [5.41, 5.74) is 2.16. The molecule has 1 aliphatic rings. The lowest BCUT2D eigenvalue weighted by Gasteiger charge is -2.22. The van der Waals surface area contributed by atoms with Crippen molar-refractivity contribution in [2.75, 3.05) is 13.2 Å². The Labute approximate surface area is 107 Å². The van der Waals surface area contributed by atoms with Crippen LogP contribution in [0.4, 0.5) is 0 Å². The number of furan rings is 1. The zero-order valence-electron chi connectivity index (χ0n) is 10.4. The third kappa shape index (κ3) is 2.57. The Morgan fingerprint density at radius 3 is 3.06 bits per heavy atom. The van der Waals surface area contributed by atoms with Gasteiger partial charge in [0.1, 0.15) is 5.58 Å². The van der Waals surface area contributed by atoms with E-state index < -0.39 is 0 Å². The van der Waals surface area contributed by atoms with Gasteiger partial charge in [0.25, 0.3) is 0 Å². The van der Waals surface area contributed by atoms with Crippen LogP contribution in [0.2, 0.25) is 0 Å². The molecule has 1 aromatic carbocycles. The number of hydrogen-bond donors (Lipinski definition) is 0. The summed E-state index contributed by atoms with van der Waals surface area (Å²) in [5, 5.41) is 1.19. The minimum Gasteiger partial charge on any atom is -0.464 e. The molecule has 3 heteroatoms. The van der Waals surface area contributed by atoms with Crippen molar-refractivity contribution in [1.29, 1.82) is 0 Å². The van der Waals surface area contributed by atoms with Gasteiger partial charge in [0.05, 0.1) is 12.9 Å². The first-order chi connectivity index (χ1) is 8.93. The van der Waals surface area contributed by atoms with Crippen molar-refractivity contribution < 1.29 is 13.9 Å². The lowest BCUT2D eigenvalue weighted by Crippen LogP contribution is -2.23. The van der Waals surface area contributed by atoms with Gasteiger partial charge in [-0.25, -0.2) is 0 Å². The summed E-state index contributed by atoms with van der Waals surface area (Å²) < 4.78 is 16.8. The van der Waals surface area contributed by atoms with Gasteiger partial charge in [0.2, 0.25) is 0 Å². The van der Waals surface area contributed by atoms with Crippen molar-refractivity contribution in [3.63, 3.8) is 0 Å². The van der Waals surface area contributed by atoms with Crippen LogP contribution in [-0.2, 0) is 15.9 Å². The van der Waals surface area contributed by atoms with Crippen LogP contribution >= 0.6 is 0 Å². The highest BCUT2D eigenvalue weighted by molar-refractivity contribution is 5.80. The molecule has 2 aromatic rings. The fourth-order valence-corrected chi connectivity index (χ4v) is 2.37. The zero-order valence-corrected chi connectivity index (χ0v) is 10.4. The van der Waals surface area contributed by atoms with Crippen molar-refractivity contribution in [2.45, 2.75) is 32.0 Å². The van der Waals surface area contributed by atoms with E-state index in [0.29, 0.717) is 6.61 Å². The van der Waals surface area contributed by atoms with E-state index in [-0.39, 0.29) is 6.29 Å². The van der Waals surface area contributed by atoms with E-state index in [4.69, 9.17) is 13.9 Å². The van der Waals surface area contributed by atoms with Crippen LogP contribution in [0.1, 0.15) is 24.8 Å². The van der Waals surface area contributed by atoms with Gasteiger partial charge < -0.3 is 13.9 Å². The highest BCUT2D eigenvalue weighted by Crippen LogP contribution is 2.21. The predicted molar refractivity (Wildman–Crippen MR) is 69.5 cm³/mol. The Kier molecular flexibility index (Phi) is 3.62. The number of fused-ring (bicyclic) bond motifs is 1. The monoisotopic (exact) mass is 246 g/mol. The smallest absolute Gasteiger partial charge is 0.157 e. The average Bonchev–Trinajstić information content (AvgIpc) is 2.84. The van der Waals surface area contributed by atoms with Gasteiger partial charge in [-0.1, -0.05) is 18.2 Å². The van der Waals surface area contributed by atoms with E-state index >= 15 is 0 Å². The van der Waals surface area contributed by atoms with Crippen LogP contribution < -0.4 is 0 Å². The molecular weight excluding hydrogens is 228 g/mol. The molecule has 0 aliphatic carbocycles. The summed E-state index contributed by atoms with van der Waals surface area (Å²) in [5.74, 6) is 0. The standard InChI is InChI=1S/C15H18O3/c1-2-6-14-13(5-1)12(11-18-14)8-10-17-15-7-3-4-9-16-15/h1-2,5-6,11,15H,3-4,7-10H2. The van der Waals surface area contributed by atoms with E-state index in [2.05, 4.69) is 6.07 Å². The highest BCUT2D eigenvalue weighted by Gasteiger charge is 2.14. The second-order valence-corrected chi connectivity index (χ2v) is 4.67. The van der Waals surface area contributed by atoms with E-state index in [1.54, 1.807) is 0 Å². The number of benzene rings is 1. The quantitative estimate of drug-likeness (QED) is 0.827. The number of ether oxygens (including phenoxy) is 2. The topological polar surface area (TPSA) is 31.6 Å². The van der Waals surface area contributed by atoms with E-state index in [1.165, 1.54) is 17.4 Å². The van der Waals surface area contributed by atoms with Crippen LogP contribution in [-0.4, -0.2) is 19.5 Å². The molecule has 1 unspecified atom stereocenters. The second-order valence-electron chi connectivity index (χ2n) is 4.67. The molecule has 0 N–H and O–H groups in total. The van der Waals surface area contributed by atoms with Gasteiger partial charge in [-0.2, -0.15) is 0 Å². The average molecular weight is 246 g/mol. The molecule has 18 heavy (non-hydrogen) atoms. The molecule has 3 rings (SSSR count). The van der Waals surface area contributed by atoms with E-state index in [1.807, 2.05) is 24.5 Å². The van der Waals surface area contributed by atoms with Crippen LogP contribution in [0.3, 0.4) is 0 Å². The first-order valence-electron chi connectivity index (χ1n) is 6.62. The van der Waals surface area contributed by atoms with Gasteiger partial charge in [-0.05, 0) is 31.7 Å². The lowest BCUT2D eigenvalue weighted by atomic mass is 10.1. The van der Waals surface area contributed by atoms with Gasteiger partial charge in [0.15, 0.2) is 6.29 Å². The van der Waals surface area contributed by atoms with Gasteiger partial charge in [-0.15, -0.1) is 0 Å². The molecule has 0 amide bonds. The molecule has 0 saturated carbocycles. The van der Waals surface area contributed by atoms with Crippen LogP contribution in [0.25, 0.3) is 11.0 Å². The Balaban J connectivity index is 1.56. The number of para-hydroxylation sites is 1. The summed E-state index contributed by atoms with van der Waals surface area (Å²) in [6.07, 6.45) is 6.08. The Hall–Kier alpha value is -1.32. The normalized spacial score (nSPS) is 20.3. The summed E-state index contributed by atoms with van der Waals surface area (Å²) in [6.45, 7) is 1.52. The van der Waals surface area contributed by atoms with E-state index in [9.17, 15) is 0 Å². The molecule has 1 aromatic heterocycles. The first kappa shape index (κ1) is 11.8. The Bertz CT molecular complexity index is 497. The predicted octanol–water partition coefficient (Wildman–Crippen LogP) is 3.52. The summed E-state index contributed by atoms with van der Waals surface area (Å²) >= 11 is 0. The third-order valence-corrected chi connectivity index (χ3v) is 3.37. The molecule has 0 radical (unpaired) electrons. The van der Waals surface area contributed by atoms with Crippen molar-refractivity contribution >= 4 is 11.0 Å². The molecule has 2 heterocycles. The molecular formula is C15H18O3. The lowest BCUT2D eigenvalue weighted by molar-refractivity contribution is -0.161. The molecule has 96 valence electrons. The van der Waals surface area contributed by atoms with Crippen LogP contribution in [0.15, 0.2) is 34.9 Å². The molecule has 1 fully saturated rings. The largest absolute Gasteiger partial charge is 0.464 e. The maximum absolute atomic E-state index is 5.74. The summed E-state index contributed by atoms with van der Waals surface area (Å²) in [7, 11) is 0. The summed E-state index contributed by atoms with van der Waals surface area (Å²) in [6, 6.07) is 8.10. The fraction of sp³-hybridized carbons (Fsp3) is 0.467. The molecule has 0 bridgehead atoms. The zero-order chi connectivity index (χ0) is 12.2. The van der Waals surface area contributed by atoms with Gasteiger partial charge >= 0.3 is 0 Å². The van der Waals surface area contributed by atoms with Crippen LogP contribution in [0.5, 0.6) is 0 Å². The minimum absolute atomic E-state index is 0.00286. The number of hydrogen-bond acceptors (Lipinski definition) is 3. The van der Waals surface area contributed by atoms with Gasteiger partial charge in [0, 0.05) is 17.6 Å². The van der Waals surface area contributed by atoms with Crippen molar-refractivity contribution in [3.8, 4) is 0 Å². The SMILES string of the molecule is c1ccc2c(CCOC3CCCCO3)coc2c1. The highest BCUT2D eigenvalue weighted by atomic mass is 16.7. The molecule has 1 atom stereocenters. The van der Waals surface area contributed by atoms with Crippen molar-refractivity contribution in [3.05, 3.63) is 36.1 Å². The van der Waals surface area contributed by atoms with Gasteiger partial charge in [-0.3, -0.25) is 0 Å². The van der Waals surface area contributed by atoms with Crippen molar-refractivity contribution in [2.24, 2.45) is 0 Å². The number of rotatable bonds is 4. The molecule has 1 saturated heterocycles. The fourth-order valence-electron chi connectivity index (χ4n) is 2.37. The van der Waals surface area contributed by atoms with Crippen molar-refractivity contribution in [1.82, 2.24) is 0 Å².